The lowest BCUT2D eigenvalue weighted by Crippen LogP contribution is -2.11. The predicted molar refractivity (Wildman–Crippen MR) is 72.6 cm³/mol. The zero-order valence-electron chi connectivity index (χ0n) is 11.2. The Labute approximate surface area is 109 Å². The van der Waals surface area contributed by atoms with Crippen LogP contribution in [-0.4, -0.2) is 26.8 Å². The Morgan fingerprint density at radius 2 is 2.17 bits per heavy atom. The van der Waals surface area contributed by atoms with Crippen LogP contribution in [0.15, 0.2) is 12.3 Å². The summed E-state index contributed by atoms with van der Waals surface area (Å²) in [7, 11) is -1.87. The molecular weight excluding hydrogens is 252 g/mol. The fourth-order valence-electron chi connectivity index (χ4n) is 1.77. The van der Waals surface area contributed by atoms with Crippen LogP contribution in [0.3, 0.4) is 0 Å². The summed E-state index contributed by atoms with van der Waals surface area (Å²) >= 11 is 0. The van der Waals surface area contributed by atoms with E-state index in [1.807, 2.05) is 0 Å². The summed E-state index contributed by atoms with van der Waals surface area (Å²) in [5.41, 5.74) is 1.39. The maximum atomic E-state index is 11.3. The number of anilines is 1. The number of hydrogen-bond donors (Lipinski definition) is 1. The van der Waals surface area contributed by atoms with Crippen LogP contribution in [0.1, 0.15) is 38.2 Å². The molecule has 1 heterocycles. The Kier molecular flexibility index (Phi) is 4.95. The molecule has 1 unspecified atom stereocenters. The first kappa shape index (κ1) is 14.8. The summed E-state index contributed by atoms with van der Waals surface area (Å²) in [4.78, 5) is 4.14. The van der Waals surface area contributed by atoms with Crippen LogP contribution in [0.2, 0.25) is 0 Å². The predicted octanol–water partition coefficient (Wildman–Crippen LogP) is 2.37. The molecule has 0 saturated carbocycles. The van der Waals surface area contributed by atoms with Gasteiger partial charge in [-0.15, -0.1) is 0 Å². The third-order valence-electron chi connectivity index (χ3n) is 2.65. The van der Waals surface area contributed by atoms with E-state index < -0.39 is 10.0 Å². The number of aromatic nitrogens is 1. The van der Waals surface area contributed by atoms with Crippen molar-refractivity contribution < 1.29 is 13.2 Å². The molecule has 1 N–H and O–H groups in total. The van der Waals surface area contributed by atoms with Gasteiger partial charge in [0.15, 0.2) is 0 Å². The number of hydrogen-bond acceptors (Lipinski definition) is 4. The number of rotatable bonds is 6. The lowest BCUT2D eigenvalue weighted by molar-refractivity contribution is 0.399. The zero-order chi connectivity index (χ0) is 13.8. The molecule has 1 aromatic rings. The first-order chi connectivity index (χ1) is 8.37. The highest BCUT2D eigenvalue weighted by Crippen LogP contribution is 2.28. The van der Waals surface area contributed by atoms with Crippen molar-refractivity contribution in [3.8, 4) is 5.88 Å². The van der Waals surface area contributed by atoms with E-state index in [9.17, 15) is 8.42 Å². The van der Waals surface area contributed by atoms with E-state index in [1.54, 1.807) is 12.3 Å². The molecular formula is C12H20N2O3S. The second-order valence-electron chi connectivity index (χ2n) is 4.39. The molecule has 0 bridgehead atoms. The van der Waals surface area contributed by atoms with Gasteiger partial charge >= 0.3 is 0 Å². The van der Waals surface area contributed by atoms with Crippen LogP contribution in [0.25, 0.3) is 0 Å². The van der Waals surface area contributed by atoms with Crippen LogP contribution in [0.4, 0.5) is 5.69 Å². The first-order valence-electron chi connectivity index (χ1n) is 5.89. The van der Waals surface area contributed by atoms with Gasteiger partial charge in [-0.1, -0.05) is 20.3 Å². The van der Waals surface area contributed by atoms with Gasteiger partial charge in [-0.25, -0.2) is 13.4 Å². The van der Waals surface area contributed by atoms with Crippen molar-refractivity contribution in [2.75, 3.05) is 18.1 Å². The quantitative estimate of drug-likeness (QED) is 0.863. The Morgan fingerprint density at radius 3 is 2.67 bits per heavy atom. The van der Waals surface area contributed by atoms with Crippen molar-refractivity contribution in [1.29, 1.82) is 0 Å². The van der Waals surface area contributed by atoms with E-state index >= 15 is 0 Å². The molecule has 1 atom stereocenters. The fourth-order valence-corrected chi connectivity index (χ4v) is 2.32. The van der Waals surface area contributed by atoms with Crippen LogP contribution < -0.4 is 9.46 Å². The van der Waals surface area contributed by atoms with Gasteiger partial charge in [0.25, 0.3) is 0 Å². The van der Waals surface area contributed by atoms with Gasteiger partial charge < -0.3 is 4.74 Å². The monoisotopic (exact) mass is 272 g/mol. The van der Waals surface area contributed by atoms with Gasteiger partial charge in [-0.05, 0) is 24.0 Å². The molecule has 0 saturated heterocycles. The molecule has 1 rings (SSSR count). The van der Waals surface area contributed by atoms with Crippen molar-refractivity contribution in [3.05, 3.63) is 17.8 Å². The van der Waals surface area contributed by atoms with Crippen molar-refractivity contribution >= 4 is 15.7 Å². The molecule has 6 heteroatoms. The molecule has 5 nitrogen and oxygen atoms in total. The molecule has 0 aliphatic carbocycles. The van der Waals surface area contributed by atoms with Crippen LogP contribution in [0.5, 0.6) is 5.88 Å². The van der Waals surface area contributed by atoms with Gasteiger partial charge in [-0.3, -0.25) is 4.72 Å². The molecule has 102 valence electrons. The Bertz CT molecular complexity index is 500. The third kappa shape index (κ3) is 4.18. The summed E-state index contributed by atoms with van der Waals surface area (Å²) in [6.45, 7) is 4.21. The summed E-state index contributed by atoms with van der Waals surface area (Å²) in [5.74, 6) is 0.626. The van der Waals surface area contributed by atoms with Crippen LogP contribution in [-0.2, 0) is 10.0 Å². The van der Waals surface area contributed by atoms with E-state index in [4.69, 9.17) is 4.74 Å². The van der Waals surface area contributed by atoms with Gasteiger partial charge in [0.1, 0.15) is 5.69 Å². The molecule has 0 aromatic carbocycles. The third-order valence-corrected chi connectivity index (χ3v) is 3.24. The van der Waals surface area contributed by atoms with Crippen LogP contribution in [0, 0.1) is 0 Å². The maximum Gasteiger partial charge on any atom is 0.238 e. The van der Waals surface area contributed by atoms with Crippen molar-refractivity contribution in [2.45, 2.75) is 32.6 Å². The molecule has 0 aliphatic heterocycles. The van der Waals surface area contributed by atoms with Crippen molar-refractivity contribution in [3.63, 3.8) is 0 Å². The number of nitrogens with one attached hydrogen (secondary N) is 1. The standard InChI is InChI=1S/C12H20N2O3S/c1-5-6-9(2)10-7-11(14-18(4,15)16)12(17-3)13-8-10/h7-9,14H,5-6H2,1-4H3. The lowest BCUT2D eigenvalue weighted by atomic mass is 9.98. The largest absolute Gasteiger partial charge is 0.480 e. The summed E-state index contributed by atoms with van der Waals surface area (Å²) in [5, 5.41) is 0. The van der Waals surface area contributed by atoms with E-state index in [1.165, 1.54) is 7.11 Å². The summed E-state index contributed by atoms with van der Waals surface area (Å²) in [6, 6.07) is 1.78. The molecule has 0 fully saturated rings. The molecule has 0 radical (unpaired) electrons. The minimum Gasteiger partial charge on any atom is -0.480 e. The van der Waals surface area contributed by atoms with Gasteiger partial charge in [0.2, 0.25) is 15.9 Å². The molecule has 1 aromatic heterocycles. The van der Waals surface area contributed by atoms with Crippen LogP contribution >= 0.6 is 0 Å². The van der Waals surface area contributed by atoms with E-state index in [-0.39, 0.29) is 5.88 Å². The van der Waals surface area contributed by atoms with Crippen molar-refractivity contribution in [2.24, 2.45) is 0 Å². The molecule has 0 amide bonds. The smallest absolute Gasteiger partial charge is 0.238 e. The second kappa shape index (κ2) is 6.04. The van der Waals surface area contributed by atoms with E-state index in [0.717, 1.165) is 24.7 Å². The Balaban J connectivity index is 3.09. The minimum absolute atomic E-state index is 0.285. The van der Waals surface area contributed by atoms with Gasteiger partial charge in [0.05, 0.1) is 13.4 Å². The summed E-state index contributed by atoms with van der Waals surface area (Å²) in [6.07, 6.45) is 4.94. The maximum absolute atomic E-state index is 11.3. The number of methoxy groups -OCH3 is 1. The topological polar surface area (TPSA) is 68.3 Å². The fraction of sp³-hybridized carbons (Fsp3) is 0.583. The van der Waals surface area contributed by atoms with E-state index in [2.05, 4.69) is 23.6 Å². The average molecular weight is 272 g/mol. The Hall–Kier alpha value is -1.30. The number of pyridine rings is 1. The average Bonchev–Trinajstić information content (AvgIpc) is 2.27. The first-order valence-corrected chi connectivity index (χ1v) is 7.78. The highest BCUT2D eigenvalue weighted by Gasteiger charge is 2.13. The number of sulfonamides is 1. The Morgan fingerprint density at radius 1 is 1.50 bits per heavy atom. The lowest BCUT2D eigenvalue weighted by Gasteiger charge is -2.14. The number of ether oxygens (including phenoxy) is 1. The highest BCUT2D eigenvalue weighted by atomic mass is 32.2. The molecule has 0 spiro atoms. The van der Waals surface area contributed by atoms with Gasteiger partial charge in [0, 0.05) is 6.20 Å². The number of nitrogens with zero attached hydrogens (tertiary/aromatic N) is 1. The highest BCUT2D eigenvalue weighted by molar-refractivity contribution is 7.92. The second-order valence-corrected chi connectivity index (χ2v) is 6.14. The molecule has 0 aliphatic rings. The minimum atomic E-state index is -3.33. The van der Waals surface area contributed by atoms with Crippen molar-refractivity contribution in [1.82, 2.24) is 4.98 Å². The zero-order valence-corrected chi connectivity index (χ0v) is 12.0. The SMILES string of the molecule is CCCC(C)c1cnc(OC)c(NS(C)(=O)=O)c1. The molecule has 18 heavy (non-hydrogen) atoms. The van der Waals surface area contributed by atoms with E-state index in [0.29, 0.717) is 11.6 Å². The normalized spacial score (nSPS) is 13.1. The summed E-state index contributed by atoms with van der Waals surface area (Å²) < 4.78 is 30.0. The van der Waals surface area contributed by atoms with Gasteiger partial charge in [-0.2, -0.15) is 0 Å².